The normalized spacial score (nSPS) is 13.1. The zero-order chi connectivity index (χ0) is 79.1. The molecule has 2 aliphatic rings. The maximum absolute atomic E-state index is 7.40. The lowest BCUT2D eigenvalue weighted by atomic mass is 9.67. The molecule has 0 aliphatic heterocycles. The van der Waals surface area contributed by atoms with Crippen molar-refractivity contribution in [1.82, 2.24) is 4.57 Å². The first-order valence-electron chi connectivity index (χ1n) is 41.1. The average molecular weight is 1510 g/mol. The summed E-state index contributed by atoms with van der Waals surface area (Å²) in [5, 5.41) is 11.8. The summed E-state index contributed by atoms with van der Waals surface area (Å²) in [5.41, 5.74) is 32.3. The SMILES string of the molecule is CC(C)(C)c1ccc(N(c2ccccc2)c2cccc3c2oc2c4c(cc(-n5c6ccccc6c6ccccc65)c23)-c2ccccc2C4(C)C)cc1.Cc1cc(-c2ccc3c(c2)C(c2ccccc2)(c2ccccc2)c2c-3c(-c3ccccc3)cc3c2oc2ccccc23)cc(N(c2ccc3ccccc3c2)c2ccc3ccccc3c2)c1. The largest absolute Gasteiger partial charge is 0.456 e. The molecular weight excluding hydrogens is 1430 g/mol. The topological polar surface area (TPSA) is 37.7 Å². The van der Waals surface area contributed by atoms with Gasteiger partial charge < -0.3 is 23.2 Å². The van der Waals surface area contributed by atoms with Crippen LogP contribution >= 0.6 is 0 Å². The van der Waals surface area contributed by atoms with Crippen LogP contribution in [0.3, 0.4) is 0 Å². The summed E-state index contributed by atoms with van der Waals surface area (Å²) < 4.78 is 17.0. The molecule has 21 aromatic rings. The van der Waals surface area contributed by atoms with Gasteiger partial charge in [-0.15, -0.1) is 0 Å². The molecule has 0 amide bonds. The second kappa shape index (κ2) is 27.3. The molecule has 118 heavy (non-hydrogen) atoms. The first kappa shape index (κ1) is 70.1. The van der Waals surface area contributed by atoms with Gasteiger partial charge in [0.05, 0.1) is 33.2 Å². The molecule has 0 fully saturated rings. The number of furan rings is 2. The van der Waals surface area contributed by atoms with Gasteiger partial charge in [-0.2, -0.15) is 0 Å². The summed E-state index contributed by atoms with van der Waals surface area (Å²) in [7, 11) is 0. The Morgan fingerprint density at radius 3 is 1.52 bits per heavy atom. The fraction of sp³-hybridized carbons (Fsp3) is 0.0796. The van der Waals surface area contributed by atoms with Crippen molar-refractivity contribution in [3.05, 3.63) is 439 Å². The Kier molecular flexibility index (Phi) is 16.2. The van der Waals surface area contributed by atoms with Gasteiger partial charge >= 0.3 is 0 Å². The van der Waals surface area contributed by atoms with E-state index in [1.165, 1.54) is 121 Å². The van der Waals surface area contributed by atoms with Crippen molar-refractivity contribution in [3.8, 4) is 50.2 Å². The van der Waals surface area contributed by atoms with Crippen LogP contribution in [0.4, 0.5) is 34.1 Å². The molecule has 0 bridgehead atoms. The zero-order valence-corrected chi connectivity index (χ0v) is 66.7. The quantitative estimate of drug-likeness (QED) is 0.129. The third-order valence-corrected chi connectivity index (χ3v) is 25.2. The van der Waals surface area contributed by atoms with Crippen molar-refractivity contribution in [3.63, 3.8) is 0 Å². The molecule has 5 nitrogen and oxygen atoms in total. The summed E-state index contributed by atoms with van der Waals surface area (Å²) >= 11 is 0. The number of nitrogens with zero attached hydrogens (tertiary/aromatic N) is 3. The molecule has 3 heterocycles. The number of hydrogen-bond donors (Lipinski definition) is 0. The number of rotatable bonds is 11. The number of fused-ring (bicyclic) bond motifs is 19. The Morgan fingerprint density at radius 2 is 0.864 bits per heavy atom. The van der Waals surface area contributed by atoms with Crippen LogP contribution in [0.1, 0.15) is 79.1 Å². The van der Waals surface area contributed by atoms with Crippen LogP contribution < -0.4 is 9.80 Å². The zero-order valence-electron chi connectivity index (χ0n) is 66.7. The summed E-state index contributed by atoms with van der Waals surface area (Å²) in [6.07, 6.45) is 0. The van der Waals surface area contributed by atoms with E-state index in [4.69, 9.17) is 8.83 Å². The fourth-order valence-corrected chi connectivity index (χ4v) is 19.8. The van der Waals surface area contributed by atoms with Crippen LogP contribution in [-0.4, -0.2) is 4.57 Å². The average Bonchev–Trinajstić information content (AvgIpc) is 1.50. The molecule has 0 spiro atoms. The highest BCUT2D eigenvalue weighted by Gasteiger charge is 2.50. The van der Waals surface area contributed by atoms with Crippen LogP contribution in [-0.2, 0) is 16.2 Å². The first-order valence-corrected chi connectivity index (χ1v) is 41.1. The smallest absolute Gasteiger partial charge is 0.159 e. The lowest BCUT2D eigenvalue weighted by Crippen LogP contribution is -2.28. The molecule has 5 heteroatoms. The van der Waals surface area contributed by atoms with E-state index in [2.05, 4.69) is 450 Å². The molecule has 0 saturated heterocycles. The maximum Gasteiger partial charge on any atom is 0.159 e. The van der Waals surface area contributed by atoms with E-state index in [0.29, 0.717) is 0 Å². The van der Waals surface area contributed by atoms with Crippen LogP contribution in [0.15, 0.2) is 403 Å². The van der Waals surface area contributed by atoms with Gasteiger partial charge in [-0.25, -0.2) is 0 Å². The van der Waals surface area contributed by atoms with Crippen LogP contribution in [0.5, 0.6) is 0 Å². The molecule has 23 rings (SSSR count). The van der Waals surface area contributed by atoms with Crippen molar-refractivity contribution in [2.75, 3.05) is 9.80 Å². The number of aromatic nitrogens is 1. The molecule has 0 radical (unpaired) electrons. The van der Waals surface area contributed by atoms with Gasteiger partial charge in [0.2, 0.25) is 0 Å². The Morgan fingerprint density at radius 1 is 0.314 bits per heavy atom. The van der Waals surface area contributed by atoms with Crippen molar-refractivity contribution in [2.24, 2.45) is 0 Å². The molecule has 0 saturated carbocycles. The lowest BCUT2D eigenvalue weighted by molar-refractivity contribution is 0.590. The van der Waals surface area contributed by atoms with Crippen molar-refractivity contribution < 1.29 is 8.83 Å². The highest BCUT2D eigenvalue weighted by Crippen LogP contribution is 2.63. The summed E-state index contributed by atoms with van der Waals surface area (Å²) in [4.78, 5) is 4.76. The standard InChI is InChI=1S/C64H43NO.C49H40N2O/c1-42-35-49(39-54(36-42)65(52-32-29-43-17-11-13-21-46(43)37-52)53-33-30-44-18-12-14-22-47(44)38-53)48-31-34-56-59(40-48)64(50-23-7-3-8-24-50,51-25-9-4-10-26-51)62-61(56)57(45-19-5-2-6-20-45)41-58-55-27-15-16-28-60(55)66-63(58)62;1-48(2,3)31-26-28-33(29-27-31)50(32-16-7-6-8-17-32)42-25-15-21-37-44-43(51-40-23-13-10-19-35(40)36-20-11-14-24-41(36)51)30-38-34-18-9-12-22-39(34)49(4,5)45(38)47(44)52-46(37)42/h2-41H,1H3;6-30H,1-5H3. The van der Waals surface area contributed by atoms with E-state index in [9.17, 15) is 0 Å². The Hall–Kier alpha value is -14.5. The minimum Gasteiger partial charge on any atom is -0.456 e. The molecule has 3 aromatic heterocycles. The molecular formula is C113H83N3O2. The Labute approximate surface area is 686 Å². The van der Waals surface area contributed by atoms with Gasteiger partial charge in [-0.05, 0) is 215 Å². The van der Waals surface area contributed by atoms with Gasteiger partial charge in [0, 0.05) is 71.9 Å². The van der Waals surface area contributed by atoms with E-state index in [-0.39, 0.29) is 10.8 Å². The molecule has 562 valence electrons. The van der Waals surface area contributed by atoms with Crippen molar-refractivity contribution >= 4 is 121 Å². The summed E-state index contributed by atoms with van der Waals surface area (Å²) in [5.74, 6) is 0. The molecule has 18 aromatic carbocycles. The highest BCUT2D eigenvalue weighted by molar-refractivity contribution is 6.20. The van der Waals surface area contributed by atoms with E-state index in [1.807, 2.05) is 0 Å². The molecule has 2 aliphatic carbocycles. The lowest BCUT2D eigenvalue weighted by Gasteiger charge is -2.34. The van der Waals surface area contributed by atoms with Crippen LogP contribution in [0.25, 0.3) is 137 Å². The fourth-order valence-electron chi connectivity index (χ4n) is 19.8. The van der Waals surface area contributed by atoms with Gasteiger partial charge in [0.1, 0.15) is 16.7 Å². The third-order valence-electron chi connectivity index (χ3n) is 25.2. The Balaban J connectivity index is 0.000000147. The predicted octanol–water partition coefficient (Wildman–Crippen LogP) is 31.1. The van der Waals surface area contributed by atoms with E-state index < -0.39 is 5.41 Å². The summed E-state index contributed by atoms with van der Waals surface area (Å²) in [6.45, 7) is 13.7. The van der Waals surface area contributed by atoms with Crippen molar-refractivity contribution in [1.29, 1.82) is 0 Å². The predicted molar refractivity (Wildman–Crippen MR) is 495 cm³/mol. The van der Waals surface area contributed by atoms with E-state index >= 15 is 0 Å². The second-order valence-electron chi connectivity index (χ2n) is 33.5. The first-order chi connectivity index (χ1) is 57.8. The number of benzene rings is 18. The van der Waals surface area contributed by atoms with E-state index in [1.54, 1.807) is 0 Å². The minimum absolute atomic E-state index is 0.0584. The molecule has 0 atom stereocenters. The number of hydrogen-bond acceptors (Lipinski definition) is 4. The maximum atomic E-state index is 7.40. The minimum atomic E-state index is -0.713. The second-order valence-corrected chi connectivity index (χ2v) is 33.5. The monoisotopic (exact) mass is 1510 g/mol. The van der Waals surface area contributed by atoms with Crippen LogP contribution in [0.2, 0.25) is 0 Å². The Bertz CT molecular complexity index is 7400. The molecule has 0 N–H and O–H groups in total. The van der Waals surface area contributed by atoms with E-state index in [0.717, 1.165) is 94.8 Å². The highest BCUT2D eigenvalue weighted by atomic mass is 16.3. The summed E-state index contributed by atoms with van der Waals surface area (Å²) in [6, 6.07) is 144. The van der Waals surface area contributed by atoms with Crippen LogP contribution in [0, 0.1) is 6.92 Å². The van der Waals surface area contributed by atoms with Gasteiger partial charge in [-0.1, -0.05) is 326 Å². The van der Waals surface area contributed by atoms with Gasteiger partial charge in [0.15, 0.2) is 5.58 Å². The van der Waals surface area contributed by atoms with Crippen molar-refractivity contribution in [2.45, 2.75) is 57.8 Å². The number of aryl methyl sites for hydroxylation is 1. The molecule has 0 unspecified atom stereocenters. The number of para-hydroxylation sites is 5. The van der Waals surface area contributed by atoms with Gasteiger partial charge in [0.25, 0.3) is 0 Å². The number of anilines is 6. The van der Waals surface area contributed by atoms with Gasteiger partial charge in [-0.3, -0.25) is 0 Å². The third kappa shape index (κ3) is 11.1.